The molecular formula is C28H33NO13. The number of hydrogen-bond donors (Lipinski definition) is 0. The molecule has 0 radical (unpaired) electrons. The van der Waals surface area contributed by atoms with Gasteiger partial charge in [0.1, 0.15) is 6.61 Å². The van der Waals surface area contributed by atoms with Gasteiger partial charge in [0, 0.05) is 29.7 Å². The Hall–Kier alpha value is -3.82. The molecule has 1 aromatic carbocycles. The van der Waals surface area contributed by atoms with Crippen LogP contribution in [-0.2, 0) is 42.9 Å². The third kappa shape index (κ3) is 9.36. The highest BCUT2D eigenvalue weighted by Gasteiger charge is 2.32. The van der Waals surface area contributed by atoms with E-state index in [1.54, 1.807) is 12.3 Å². The Bertz CT molecular complexity index is 1370. The van der Waals surface area contributed by atoms with E-state index in [1.165, 1.54) is 6.07 Å². The number of benzene rings is 1. The van der Waals surface area contributed by atoms with Crippen molar-refractivity contribution in [3.8, 4) is 5.75 Å². The van der Waals surface area contributed by atoms with Crippen molar-refractivity contribution in [1.82, 2.24) is 5.06 Å². The number of nitrogens with zero attached hydrogens (tertiary/aromatic N) is 1. The van der Waals surface area contributed by atoms with E-state index in [0.29, 0.717) is 74.8 Å². The van der Waals surface area contributed by atoms with E-state index in [9.17, 15) is 19.2 Å². The lowest BCUT2D eigenvalue weighted by molar-refractivity contribution is -0.198. The van der Waals surface area contributed by atoms with E-state index in [-0.39, 0.29) is 39.1 Å². The summed E-state index contributed by atoms with van der Waals surface area (Å²) in [4.78, 5) is 50.8. The first-order valence-electron chi connectivity index (χ1n) is 13.5. The molecule has 0 N–H and O–H groups in total. The third-order valence-corrected chi connectivity index (χ3v) is 5.89. The van der Waals surface area contributed by atoms with E-state index >= 15 is 0 Å². The number of carbonyl (C=O) groups is 3. The topological polar surface area (TPSA) is 162 Å². The van der Waals surface area contributed by atoms with E-state index in [4.69, 9.17) is 42.1 Å². The Kier molecular flexibility index (Phi) is 12.3. The van der Waals surface area contributed by atoms with Crippen LogP contribution in [0.5, 0.6) is 5.75 Å². The van der Waals surface area contributed by atoms with Crippen LogP contribution in [0.4, 0.5) is 0 Å². The number of amides is 2. The van der Waals surface area contributed by atoms with E-state index in [1.807, 2.05) is 12.1 Å². The van der Waals surface area contributed by atoms with Crippen LogP contribution in [0.15, 0.2) is 44.2 Å². The molecule has 0 atom stereocenters. The minimum Gasteiger partial charge on any atom is -0.484 e. The summed E-state index contributed by atoms with van der Waals surface area (Å²) in [6, 6.07) is 6.72. The number of fused-ring (bicyclic) bond motifs is 2. The van der Waals surface area contributed by atoms with Crippen LogP contribution in [-0.4, -0.2) is 95.5 Å². The Morgan fingerprint density at radius 1 is 0.690 bits per heavy atom. The van der Waals surface area contributed by atoms with Gasteiger partial charge in [-0.2, -0.15) is 0 Å². The Balaban J connectivity index is 0.928. The lowest BCUT2D eigenvalue weighted by Crippen LogP contribution is -2.32. The number of rotatable bonds is 20. The maximum Gasteiger partial charge on any atom is 0.336 e. The largest absolute Gasteiger partial charge is 0.484 e. The van der Waals surface area contributed by atoms with Gasteiger partial charge in [0.05, 0.1) is 78.8 Å². The van der Waals surface area contributed by atoms with Crippen LogP contribution in [0, 0.1) is 0 Å². The lowest BCUT2D eigenvalue weighted by atomic mass is 10.1. The first-order valence-corrected chi connectivity index (χ1v) is 13.5. The standard InChI is InChI=1S/C28H33NO13/c30-22-2-3-23(31)29(22)42-25(33)6-7-34-9-10-35-11-12-36-13-14-37-15-16-38-17-18-40-28-26-21(5-8-39-26)19-20-1-4-24(32)41-27(20)28/h1,4-5,8,19H,2-3,6-7,9-18H2. The fourth-order valence-electron chi connectivity index (χ4n) is 3.88. The molecule has 3 aromatic rings. The molecule has 14 nitrogen and oxygen atoms in total. The summed E-state index contributed by atoms with van der Waals surface area (Å²) in [5.74, 6) is -1.37. The number of hydrogen-bond acceptors (Lipinski definition) is 13. The predicted octanol–water partition coefficient (Wildman–Crippen LogP) is 2.00. The number of imide groups is 1. The molecule has 1 aliphatic rings. The van der Waals surface area contributed by atoms with Gasteiger partial charge in [-0.1, -0.05) is 0 Å². The van der Waals surface area contributed by atoms with Crippen LogP contribution in [0.3, 0.4) is 0 Å². The second kappa shape index (κ2) is 16.6. The van der Waals surface area contributed by atoms with Gasteiger partial charge in [-0.25, -0.2) is 9.59 Å². The average Bonchev–Trinajstić information content (AvgIpc) is 3.58. The van der Waals surface area contributed by atoms with Crippen molar-refractivity contribution < 1.29 is 56.5 Å². The molecule has 4 rings (SSSR count). The van der Waals surface area contributed by atoms with Gasteiger partial charge in [0.25, 0.3) is 11.8 Å². The van der Waals surface area contributed by atoms with Crippen molar-refractivity contribution in [1.29, 1.82) is 0 Å². The highest BCUT2D eigenvalue weighted by molar-refractivity contribution is 6.01. The molecule has 228 valence electrons. The molecule has 1 fully saturated rings. The Labute approximate surface area is 240 Å². The smallest absolute Gasteiger partial charge is 0.336 e. The van der Waals surface area contributed by atoms with Crippen LogP contribution < -0.4 is 10.4 Å². The van der Waals surface area contributed by atoms with Crippen LogP contribution >= 0.6 is 0 Å². The molecule has 1 saturated heterocycles. The van der Waals surface area contributed by atoms with Crippen molar-refractivity contribution in [2.75, 3.05) is 72.7 Å². The van der Waals surface area contributed by atoms with Gasteiger partial charge in [-0.05, 0) is 18.2 Å². The molecular weight excluding hydrogens is 558 g/mol. The molecule has 0 unspecified atom stereocenters. The minimum atomic E-state index is -0.707. The van der Waals surface area contributed by atoms with E-state index in [0.717, 1.165) is 10.8 Å². The van der Waals surface area contributed by atoms with Gasteiger partial charge in [-0.3, -0.25) is 9.59 Å². The van der Waals surface area contributed by atoms with Crippen molar-refractivity contribution in [3.05, 3.63) is 40.9 Å². The summed E-state index contributed by atoms with van der Waals surface area (Å²) in [6.45, 7) is 3.55. The zero-order valence-electron chi connectivity index (χ0n) is 23.0. The molecule has 0 saturated carbocycles. The van der Waals surface area contributed by atoms with Crippen LogP contribution in [0.25, 0.3) is 21.9 Å². The fraction of sp³-hybridized carbons (Fsp3) is 0.500. The van der Waals surface area contributed by atoms with Crippen LogP contribution in [0.1, 0.15) is 19.3 Å². The van der Waals surface area contributed by atoms with Gasteiger partial charge in [0.15, 0.2) is 11.2 Å². The first kappa shape index (κ1) is 31.1. The van der Waals surface area contributed by atoms with Crippen molar-refractivity contribution in [3.63, 3.8) is 0 Å². The summed E-state index contributed by atoms with van der Waals surface area (Å²) < 4.78 is 43.7. The van der Waals surface area contributed by atoms with Gasteiger partial charge in [-0.15, -0.1) is 5.06 Å². The predicted molar refractivity (Wildman–Crippen MR) is 144 cm³/mol. The highest BCUT2D eigenvalue weighted by atomic mass is 16.7. The maximum absolute atomic E-state index is 11.7. The highest BCUT2D eigenvalue weighted by Crippen LogP contribution is 2.34. The van der Waals surface area contributed by atoms with E-state index in [2.05, 4.69) is 0 Å². The zero-order valence-corrected chi connectivity index (χ0v) is 23.0. The lowest BCUT2D eigenvalue weighted by Gasteiger charge is -2.12. The molecule has 0 aliphatic carbocycles. The molecule has 3 heterocycles. The van der Waals surface area contributed by atoms with Crippen LogP contribution in [0.2, 0.25) is 0 Å². The zero-order chi connectivity index (χ0) is 29.6. The minimum absolute atomic E-state index is 0.0534. The SMILES string of the molecule is O=C(CCOCCOCCOCCOCCOCCOc1c2occc2cc2ccc(=O)oc12)ON1C(=O)CCC1=O. The summed E-state index contributed by atoms with van der Waals surface area (Å²) in [7, 11) is 0. The quantitative estimate of drug-likeness (QED) is 0.107. The summed E-state index contributed by atoms with van der Waals surface area (Å²) in [6.07, 6.45) is 1.57. The van der Waals surface area contributed by atoms with Crippen molar-refractivity contribution >= 4 is 39.7 Å². The summed E-state index contributed by atoms with van der Waals surface area (Å²) in [5.41, 5.74) is 0.369. The summed E-state index contributed by atoms with van der Waals surface area (Å²) in [5, 5.41) is 2.09. The molecule has 1 aliphatic heterocycles. The number of furan rings is 1. The molecule has 2 aromatic heterocycles. The van der Waals surface area contributed by atoms with Crippen molar-refractivity contribution in [2.24, 2.45) is 0 Å². The Morgan fingerprint density at radius 3 is 1.86 bits per heavy atom. The molecule has 2 amide bonds. The third-order valence-electron chi connectivity index (χ3n) is 5.89. The number of hydroxylamine groups is 2. The number of ether oxygens (including phenoxy) is 6. The molecule has 0 bridgehead atoms. The normalized spacial score (nSPS) is 13.5. The van der Waals surface area contributed by atoms with Gasteiger partial charge < -0.3 is 42.1 Å². The fourth-order valence-corrected chi connectivity index (χ4v) is 3.88. The maximum atomic E-state index is 11.7. The average molecular weight is 592 g/mol. The monoisotopic (exact) mass is 591 g/mol. The summed E-state index contributed by atoms with van der Waals surface area (Å²) >= 11 is 0. The Morgan fingerprint density at radius 2 is 1.24 bits per heavy atom. The first-order chi connectivity index (χ1) is 20.5. The van der Waals surface area contributed by atoms with Crippen molar-refractivity contribution in [2.45, 2.75) is 19.3 Å². The molecule has 14 heteroatoms. The van der Waals surface area contributed by atoms with E-state index < -0.39 is 23.4 Å². The molecule has 0 spiro atoms. The van der Waals surface area contributed by atoms with Gasteiger partial charge >= 0.3 is 11.6 Å². The second-order valence-corrected chi connectivity index (χ2v) is 8.92. The van der Waals surface area contributed by atoms with Gasteiger partial charge in [0.2, 0.25) is 5.75 Å². The second-order valence-electron chi connectivity index (χ2n) is 8.92. The molecule has 42 heavy (non-hydrogen) atoms. The number of carbonyl (C=O) groups excluding carboxylic acids is 3.